The zero-order valence-corrected chi connectivity index (χ0v) is 10.4. The summed E-state index contributed by atoms with van der Waals surface area (Å²) in [7, 11) is -4.34. The fourth-order valence-corrected chi connectivity index (χ4v) is 2.37. The first-order valence-electron chi connectivity index (χ1n) is 5.35. The minimum absolute atomic E-state index is 0.315. The van der Waals surface area contributed by atoms with Crippen molar-refractivity contribution in [2.45, 2.75) is 5.78 Å². The molecule has 5 nitrogen and oxygen atoms in total. The highest BCUT2D eigenvalue weighted by Gasteiger charge is 2.31. The van der Waals surface area contributed by atoms with Crippen LogP contribution in [-0.2, 0) is 4.57 Å². The van der Waals surface area contributed by atoms with E-state index in [1.807, 2.05) is 6.07 Å². The summed E-state index contributed by atoms with van der Waals surface area (Å²) in [6, 6.07) is 13.9. The SMILES string of the molecule is O=P(O)(O)C(Nc1ccccc1)c1ccccn1. The van der Waals surface area contributed by atoms with Gasteiger partial charge >= 0.3 is 7.60 Å². The quantitative estimate of drug-likeness (QED) is 0.738. The topological polar surface area (TPSA) is 82.5 Å². The molecule has 1 aromatic carbocycles. The van der Waals surface area contributed by atoms with Gasteiger partial charge in [-0.3, -0.25) is 9.55 Å². The molecule has 0 saturated carbocycles. The number of para-hydroxylation sites is 1. The summed E-state index contributed by atoms with van der Waals surface area (Å²) >= 11 is 0. The molecule has 1 unspecified atom stereocenters. The Kier molecular flexibility index (Phi) is 3.77. The first-order valence-corrected chi connectivity index (χ1v) is 7.03. The van der Waals surface area contributed by atoms with Crippen LogP contribution < -0.4 is 5.32 Å². The number of aromatic nitrogens is 1. The lowest BCUT2D eigenvalue weighted by Gasteiger charge is -2.20. The maximum atomic E-state index is 11.5. The van der Waals surface area contributed by atoms with Crippen molar-refractivity contribution >= 4 is 13.3 Å². The Balaban J connectivity index is 2.31. The molecule has 0 amide bonds. The highest BCUT2D eigenvalue weighted by Crippen LogP contribution is 2.50. The number of pyridine rings is 1. The van der Waals surface area contributed by atoms with E-state index in [0.717, 1.165) is 0 Å². The van der Waals surface area contributed by atoms with E-state index in [4.69, 9.17) is 0 Å². The number of hydrogen-bond acceptors (Lipinski definition) is 3. The Labute approximate surface area is 105 Å². The van der Waals surface area contributed by atoms with Gasteiger partial charge in [-0.05, 0) is 24.3 Å². The maximum Gasteiger partial charge on any atom is 0.353 e. The third-order valence-corrected chi connectivity index (χ3v) is 3.45. The number of anilines is 1. The molecule has 0 aliphatic heterocycles. The molecule has 3 N–H and O–H groups in total. The fourth-order valence-electron chi connectivity index (χ4n) is 1.56. The molecule has 0 radical (unpaired) electrons. The second-order valence-corrected chi connectivity index (χ2v) is 5.45. The minimum atomic E-state index is -4.34. The van der Waals surface area contributed by atoms with Crippen molar-refractivity contribution in [2.24, 2.45) is 0 Å². The lowest BCUT2D eigenvalue weighted by Crippen LogP contribution is -2.12. The van der Waals surface area contributed by atoms with Crippen molar-refractivity contribution in [3.8, 4) is 0 Å². The van der Waals surface area contributed by atoms with Crippen molar-refractivity contribution in [2.75, 3.05) is 5.32 Å². The van der Waals surface area contributed by atoms with Gasteiger partial charge in [0.1, 0.15) is 0 Å². The summed E-state index contributed by atoms with van der Waals surface area (Å²) in [5, 5.41) is 2.81. The summed E-state index contributed by atoms with van der Waals surface area (Å²) in [6.07, 6.45) is 1.50. The van der Waals surface area contributed by atoms with Crippen LogP contribution in [0.4, 0.5) is 5.69 Å². The minimum Gasteiger partial charge on any atom is -0.367 e. The molecule has 18 heavy (non-hydrogen) atoms. The van der Waals surface area contributed by atoms with Crippen LogP contribution in [0.5, 0.6) is 0 Å². The molecule has 1 heterocycles. The Morgan fingerprint density at radius 2 is 1.72 bits per heavy atom. The number of nitrogens with one attached hydrogen (secondary N) is 1. The second kappa shape index (κ2) is 5.31. The Morgan fingerprint density at radius 1 is 1.06 bits per heavy atom. The first kappa shape index (κ1) is 12.8. The molecule has 0 aliphatic carbocycles. The summed E-state index contributed by atoms with van der Waals surface area (Å²) < 4.78 is 11.5. The molecule has 1 atom stereocenters. The molecule has 0 fully saturated rings. The van der Waals surface area contributed by atoms with Crippen LogP contribution >= 0.6 is 7.60 Å². The Bertz CT molecular complexity index is 542. The molecule has 2 aromatic rings. The summed E-state index contributed by atoms with van der Waals surface area (Å²) in [6.45, 7) is 0. The van der Waals surface area contributed by atoms with Crippen LogP contribution in [0.25, 0.3) is 0 Å². The summed E-state index contributed by atoms with van der Waals surface area (Å²) in [4.78, 5) is 22.8. The molecule has 0 spiro atoms. The highest BCUT2D eigenvalue weighted by molar-refractivity contribution is 7.52. The van der Waals surface area contributed by atoms with Crippen molar-refractivity contribution < 1.29 is 14.4 Å². The van der Waals surface area contributed by atoms with Crippen LogP contribution in [0.15, 0.2) is 54.7 Å². The molecule has 94 valence electrons. The second-order valence-electron chi connectivity index (χ2n) is 3.76. The zero-order chi connectivity index (χ0) is 13.0. The summed E-state index contributed by atoms with van der Waals surface area (Å²) in [5.74, 6) is -1.14. The molecular weight excluding hydrogens is 251 g/mol. The van der Waals surface area contributed by atoms with Crippen molar-refractivity contribution in [3.63, 3.8) is 0 Å². The average Bonchev–Trinajstić information content (AvgIpc) is 2.37. The van der Waals surface area contributed by atoms with Gasteiger partial charge in [-0.2, -0.15) is 0 Å². The van der Waals surface area contributed by atoms with Gasteiger partial charge in [0.2, 0.25) is 0 Å². The third kappa shape index (κ3) is 3.17. The van der Waals surface area contributed by atoms with Gasteiger partial charge < -0.3 is 15.1 Å². The largest absolute Gasteiger partial charge is 0.367 e. The van der Waals surface area contributed by atoms with Gasteiger partial charge in [0, 0.05) is 11.9 Å². The molecule has 2 rings (SSSR count). The monoisotopic (exact) mass is 264 g/mol. The maximum absolute atomic E-state index is 11.5. The first-order chi connectivity index (χ1) is 8.57. The highest BCUT2D eigenvalue weighted by atomic mass is 31.2. The predicted octanol–water partition coefficient (Wildman–Crippen LogP) is 2.37. The Morgan fingerprint density at radius 3 is 2.28 bits per heavy atom. The van der Waals surface area contributed by atoms with Gasteiger partial charge in [-0.1, -0.05) is 24.3 Å². The molecular formula is C12H13N2O3P. The molecule has 0 bridgehead atoms. The fraction of sp³-hybridized carbons (Fsp3) is 0.0833. The third-order valence-electron chi connectivity index (χ3n) is 2.38. The van der Waals surface area contributed by atoms with Crippen LogP contribution in [0.1, 0.15) is 11.5 Å². The van der Waals surface area contributed by atoms with Crippen LogP contribution in [0, 0.1) is 0 Å². The number of nitrogens with zero attached hydrogens (tertiary/aromatic N) is 1. The number of rotatable bonds is 4. The van der Waals surface area contributed by atoms with Crippen molar-refractivity contribution in [1.82, 2.24) is 4.98 Å². The van der Waals surface area contributed by atoms with Crippen LogP contribution in [0.3, 0.4) is 0 Å². The van der Waals surface area contributed by atoms with E-state index >= 15 is 0 Å². The molecule has 0 aliphatic rings. The summed E-state index contributed by atoms with van der Waals surface area (Å²) in [5.41, 5.74) is 0.950. The van der Waals surface area contributed by atoms with Crippen LogP contribution in [0.2, 0.25) is 0 Å². The molecule has 0 saturated heterocycles. The van der Waals surface area contributed by atoms with E-state index in [9.17, 15) is 14.4 Å². The van der Waals surface area contributed by atoms with Gasteiger partial charge in [-0.25, -0.2) is 0 Å². The average molecular weight is 264 g/mol. The van der Waals surface area contributed by atoms with E-state index in [2.05, 4.69) is 10.3 Å². The van der Waals surface area contributed by atoms with E-state index < -0.39 is 13.4 Å². The standard InChI is InChI=1S/C12H13N2O3P/c15-18(16,17)12(11-8-4-5-9-13-11)14-10-6-2-1-3-7-10/h1-9,12,14H,(H2,15,16,17). The van der Waals surface area contributed by atoms with E-state index in [0.29, 0.717) is 11.4 Å². The number of hydrogen-bond donors (Lipinski definition) is 3. The van der Waals surface area contributed by atoms with Gasteiger partial charge in [0.25, 0.3) is 0 Å². The van der Waals surface area contributed by atoms with Gasteiger partial charge in [-0.15, -0.1) is 0 Å². The van der Waals surface area contributed by atoms with Gasteiger partial charge in [0.05, 0.1) is 5.69 Å². The smallest absolute Gasteiger partial charge is 0.353 e. The zero-order valence-electron chi connectivity index (χ0n) is 9.47. The lowest BCUT2D eigenvalue weighted by atomic mass is 10.3. The van der Waals surface area contributed by atoms with Gasteiger partial charge in [0.15, 0.2) is 5.78 Å². The van der Waals surface area contributed by atoms with Crippen molar-refractivity contribution in [3.05, 3.63) is 60.4 Å². The van der Waals surface area contributed by atoms with E-state index in [1.165, 1.54) is 6.20 Å². The van der Waals surface area contributed by atoms with E-state index in [1.54, 1.807) is 42.5 Å². The van der Waals surface area contributed by atoms with E-state index in [-0.39, 0.29) is 0 Å². The predicted molar refractivity (Wildman–Crippen MR) is 69.1 cm³/mol. The van der Waals surface area contributed by atoms with Crippen LogP contribution in [-0.4, -0.2) is 14.8 Å². The molecule has 1 aromatic heterocycles. The molecule has 6 heteroatoms. The lowest BCUT2D eigenvalue weighted by molar-refractivity contribution is 0.362. The Hall–Kier alpha value is -1.68. The normalized spacial score (nSPS) is 13.0. The van der Waals surface area contributed by atoms with Crippen molar-refractivity contribution in [1.29, 1.82) is 0 Å². The number of benzene rings is 1.